The van der Waals surface area contributed by atoms with Crippen molar-refractivity contribution in [2.45, 2.75) is 47.2 Å². The zero-order valence-corrected chi connectivity index (χ0v) is 25.1. The van der Waals surface area contributed by atoms with Gasteiger partial charge >= 0.3 is 0 Å². The predicted molar refractivity (Wildman–Crippen MR) is 156 cm³/mol. The number of nitrogens with two attached hydrogens (primary N) is 2. The van der Waals surface area contributed by atoms with Crippen molar-refractivity contribution in [2.75, 3.05) is 24.7 Å². The summed E-state index contributed by atoms with van der Waals surface area (Å²) in [7, 11) is -2.02. The Hall–Kier alpha value is -2.36. The molecule has 0 saturated carbocycles. The van der Waals surface area contributed by atoms with Gasteiger partial charge < -0.3 is 34.7 Å². The molecule has 0 aromatic carbocycles. The lowest BCUT2D eigenvalue weighted by Crippen LogP contribution is -2.33. The van der Waals surface area contributed by atoms with E-state index < -0.39 is 66.3 Å². The monoisotopic (exact) mass is 676 g/mol. The second-order valence-electron chi connectivity index (χ2n) is 9.75. The molecule has 3 aliphatic rings. The van der Waals surface area contributed by atoms with E-state index in [2.05, 4.69) is 54.8 Å². The third-order valence-electron chi connectivity index (χ3n) is 7.23. The van der Waals surface area contributed by atoms with Crippen LogP contribution in [0.1, 0.15) is 11.6 Å². The molecule has 10 atom stereocenters. The van der Waals surface area contributed by atoms with Crippen LogP contribution in [0.25, 0.3) is 22.3 Å². The zero-order valence-electron chi connectivity index (χ0n) is 21.6. The van der Waals surface area contributed by atoms with Crippen molar-refractivity contribution in [3.8, 4) is 0 Å². The lowest BCUT2D eigenvalue weighted by Gasteiger charge is -2.25. The summed E-state index contributed by atoms with van der Waals surface area (Å²) >= 11 is 9.78. The van der Waals surface area contributed by atoms with Crippen LogP contribution in [0.2, 0.25) is 0 Å². The standard InChI is InChI=1S/C21H23F2N10O6PS3/c22-8-6-1-35-21(41)38-19-9(23)12(18(43-19)33-5-29-11-15(33)30-20(25)31-16(11)34)39-40(42)36-2-7(6)37-17(8)32-4-28-10-13(24)26-3-27-14(10)32/h3-9,12,17-19,21,41-42H,1-2H2,(H2,24,26,27)(H3,25,30,31,34)/t6-,7-,8+,9+,12-,17-,18-,19?,21?,40?/m1/s1. The molecule has 3 unspecified atom stereocenters. The third kappa shape index (κ3) is 5.23. The lowest BCUT2D eigenvalue weighted by atomic mass is 10.0. The number of fused-ring (bicyclic) bond motifs is 5. The SMILES string of the molecule is Nc1nc2c(ncn2[C@@H]2SC3OC(S)OC[C@H]4[C@H](F)[C@H](n5cnc6c(N)ncnc65)O[C@@H]4COP(S)O[C@@H]2[C@@H]3F)c(=O)[nH]1. The number of H-pyrrole nitrogens is 1. The van der Waals surface area contributed by atoms with Gasteiger partial charge in [0, 0.05) is 5.92 Å². The van der Waals surface area contributed by atoms with Crippen molar-refractivity contribution in [1.29, 1.82) is 0 Å². The van der Waals surface area contributed by atoms with Crippen LogP contribution in [0.3, 0.4) is 0 Å². The smallest absolute Gasteiger partial charge is 0.280 e. The van der Waals surface area contributed by atoms with Gasteiger partial charge in [-0.25, -0.2) is 28.7 Å². The van der Waals surface area contributed by atoms with Gasteiger partial charge in [-0.3, -0.25) is 18.9 Å². The summed E-state index contributed by atoms with van der Waals surface area (Å²) in [5, 5.41) is -0.818. The first-order valence-corrected chi connectivity index (χ1v) is 16.5. The van der Waals surface area contributed by atoms with Gasteiger partial charge in [0.05, 0.1) is 32.0 Å². The number of anilines is 2. The largest absolute Gasteiger partial charge is 0.382 e. The maximum Gasteiger partial charge on any atom is 0.280 e. The topological polar surface area (TPSA) is 205 Å². The minimum absolute atomic E-state index is 0.0158. The molecule has 4 aromatic heterocycles. The van der Waals surface area contributed by atoms with Crippen LogP contribution in [0.4, 0.5) is 20.5 Å². The van der Waals surface area contributed by atoms with Crippen molar-refractivity contribution in [2.24, 2.45) is 5.92 Å². The van der Waals surface area contributed by atoms with Crippen molar-refractivity contribution in [3.05, 3.63) is 29.3 Å². The number of imidazole rings is 2. The number of ether oxygens (including phenoxy) is 3. The summed E-state index contributed by atoms with van der Waals surface area (Å²) in [5.74, 6) is -0.834. The predicted octanol–water partition coefficient (Wildman–Crippen LogP) is 1.70. The van der Waals surface area contributed by atoms with Gasteiger partial charge in [0.1, 0.15) is 28.8 Å². The first-order chi connectivity index (χ1) is 20.7. The van der Waals surface area contributed by atoms with E-state index in [0.29, 0.717) is 11.2 Å². The number of hydrogen-bond acceptors (Lipinski definition) is 16. The highest BCUT2D eigenvalue weighted by molar-refractivity contribution is 8.41. The van der Waals surface area contributed by atoms with Crippen molar-refractivity contribution in [3.63, 3.8) is 0 Å². The molecule has 4 aromatic rings. The number of aromatic nitrogens is 8. The maximum absolute atomic E-state index is 15.9. The van der Waals surface area contributed by atoms with E-state index in [1.807, 2.05) is 0 Å². The number of nitrogen functional groups attached to an aromatic ring is 2. The molecule has 3 fully saturated rings. The van der Waals surface area contributed by atoms with Gasteiger partial charge in [0.15, 0.2) is 41.2 Å². The summed E-state index contributed by atoms with van der Waals surface area (Å²) in [5.41, 5.74) is 9.45. The summed E-state index contributed by atoms with van der Waals surface area (Å²) in [6.07, 6.45) is -2.51. The second kappa shape index (κ2) is 11.5. The van der Waals surface area contributed by atoms with Gasteiger partial charge in [-0.2, -0.15) is 4.98 Å². The molecule has 3 saturated heterocycles. The van der Waals surface area contributed by atoms with Crippen LogP contribution in [-0.2, 0) is 23.3 Å². The second-order valence-corrected chi connectivity index (χ2v) is 13.3. The lowest BCUT2D eigenvalue weighted by molar-refractivity contribution is -0.123. The Morgan fingerprint density at radius 3 is 2.67 bits per heavy atom. The van der Waals surface area contributed by atoms with Crippen LogP contribution in [0.5, 0.6) is 0 Å². The zero-order chi connectivity index (χ0) is 30.0. The van der Waals surface area contributed by atoms with E-state index in [1.54, 1.807) is 0 Å². The highest BCUT2D eigenvalue weighted by atomic mass is 32.7. The fourth-order valence-electron chi connectivity index (χ4n) is 5.20. The average molecular weight is 677 g/mol. The van der Waals surface area contributed by atoms with Gasteiger partial charge in [0.25, 0.3) is 5.56 Å². The van der Waals surface area contributed by atoms with Crippen molar-refractivity contribution < 1.29 is 32.0 Å². The molecular formula is C21H23F2N10O6PS3. The fraction of sp³-hybridized carbons (Fsp3) is 0.524. The molecule has 0 amide bonds. The number of thiol groups is 2. The molecule has 0 spiro atoms. The number of hydrogen-bond donors (Lipinski definition) is 5. The Kier molecular flexibility index (Phi) is 7.87. The summed E-state index contributed by atoms with van der Waals surface area (Å²) in [4.78, 5) is 35.2. The first-order valence-electron chi connectivity index (χ1n) is 12.7. The van der Waals surface area contributed by atoms with Crippen LogP contribution in [0, 0.1) is 5.92 Å². The van der Waals surface area contributed by atoms with E-state index in [9.17, 15) is 4.79 Å². The van der Waals surface area contributed by atoms with Crippen molar-refractivity contribution in [1.82, 2.24) is 39.0 Å². The van der Waals surface area contributed by atoms with Crippen molar-refractivity contribution >= 4 is 78.3 Å². The minimum atomic E-state index is -2.02. The minimum Gasteiger partial charge on any atom is -0.382 e. The van der Waals surface area contributed by atoms with Crippen LogP contribution < -0.4 is 17.0 Å². The molecular weight excluding hydrogens is 653 g/mol. The van der Waals surface area contributed by atoms with Gasteiger partial charge in [-0.05, 0) is 0 Å². The molecule has 7 heterocycles. The summed E-state index contributed by atoms with van der Waals surface area (Å²) < 4.78 is 64.1. The number of nitrogens with one attached hydrogen (secondary N) is 1. The number of halogens is 2. The molecule has 0 aliphatic carbocycles. The Balaban J connectivity index is 1.15. The molecule has 22 heteroatoms. The summed E-state index contributed by atoms with van der Waals surface area (Å²) in [6.45, 7) is -0.358. The Labute approximate surface area is 256 Å². The summed E-state index contributed by atoms with van der Waals surface area (Å²) in [6, 6.07) is 0. The molecule has 2 bridgehead atoms. The molecule has 5 N–H and O–H groups in total. The number of alkyl halides is 2. The Morgan fingerprint density at radius 2 is 1.84 bits per heavy atom. The molecule has 230 valence electrons. The van der Waals surface area contributed by atoms with E-state index in [-0.39, 0.29) is 36.1 Å². The van der Waals surface area contributed by atoms with E-state index in [1.165, 1.54) is 28.1 Å². The Morgan fingerprint density at radius 1 is 1.05 bits per heavy atom. The molecule has 16 nitrogen and oxygen atoms in total. The van der Waals surface area contributed by atoms with Gasteiger partial charge in [0.2, 0.25) is 19.1 Å². The van der Waals surface area contributed by atoms with Crippen LogP contribution in [0.15, 0.2) is 23.8 Å². The third-order valence-corrected chi connectivity index (χ3v) is 10.3. The van der Waals surface area contributed by atoms with E-state index >= 15 is 8.78 Å². The van der Waals surface area contributed by atoms with Crippen LogP contribution in [-0.4, -0.2) is 87.9 Å². The van der Waals surface area contributed by atoms with E-state index in [0.717, 1.165) is 11.8 Å². The van der Waals surface area contributed by atoms with Gasteiger partial charge in [-0.1, -0.05) is 24.0 Å². The maximum atomic E-state index is 15.9. The number of nitrogens with zero attached hydrogens (tertiary/aromatic N) is 7. The average Bonchev–Trinajstić information content (AvgIpc) is 3.72. The molecule has 0 radical (unpaired) electrons. The highest BCUT2D eigenvalue weighted by Crippen LogP contribution is 2.55. The Bertz CT molecular complexity index is 1720. The van der Waals surface area contributed by atoms with E-state index in [4.69, 9.17) is 34.7 Å². The van der Waals surface area contributed by atoms with Gasteiger partial charge in [-0.15, -0.1) is 12.6 Å². The normalized spacial score (nSPS) is 35.4. The quantitative estimate of drug-likeness (QED) is 0.152. The van der Waals surface area contributed by atoms with Crippen LogP contribution >= 0.6 is 44.2 Å². The number of rotatable bonds is 2. The number of aromatic amines is 1. The first kappa shape index (κ1) is 29.4. The molecule has 3 aliphatic heterocycles. The highest BCUT2D eigenvalue weighted by Gasteiger charge is 2.51. The number of thioether (sulfide) groups is 1. The fourth-order valence-corrected chi connectivity index (χ4v) is 8.28. The molecule has 7 rings (SSSR count). The molecule has 43 heavy (non-hydrogen) atoms.